The highest BCUT2D eigenvalue weighted by Gasteiger charge is 2.47. The van der Waals surface area contributed by atoms with E-state index >= 15 is 0 Å². The van der Waals surface area contributed by atoms with Crippen molar-refractivity contribution in [2.45, 2.75) is 78.4 Å². The third kappa shape index (κ3) is 5.74. The monoisotopic (exact) mass is 562 g/mol. The number of methoxy groups -OCH3 is 1. The van der Waals surface area contributed by atoms with Gasteiger partial charge in [0.1, 0.15) is 5.60 Å². The molecule has 0 radical (unpaired) electrons. The van der Waals surface area contributed by atoms with Crippen molar-refractivity contribution in [3.05, 3.63) is 64.8 Å². The number of esters is 1. The number of fused-ring (bicyclic) bond motifs is 1. The third-order valence-corrected chi connectivity index (χ3v) is 8.75. The van der Waals surface area contributed by atoms with Gasteiger partial charge in [-0.2, -0.15) is 0 Å². The van der Waals surface area contributed by atoms with Crippen molar-refractivity contribution in [2.24, 2.45) is 11.3 Å². The number of benzene rings is 2. The Bertz CT molecular complexity index is 1550. The summed E-state index contributed by atoms with van der Waals surface area (Å²) in [4.78, 5) is 29.9. The molecule has 0 unspecified atom stereocenters. The van der Waals surface area contributed by atoms with Crippen molar-refractivity contribution < 1.29 is 23.2 Å². The molecule has 0 N–H and O–H groups in total. The number of ether oxygens (including phenoxy) is 2. The molecule has 0 bridgehead atoms. The average molecular weight is 563 g/mol. The Hall–Kier alpha value is -3.32. The molecule has 41 heavy (non-hydrogen) atoms. The predicted molar refractivity (Wildman–Crippen MR) is 164 cm³/mol. The van der Waals surface area contributed by atoms with E-state index in [4.69, 9.17) is 13.6 Å². The molecule has 7 nitrogen and oxygen atoms in total. The summed E-state index contributed by atoms with van der Waals surface area (Å²) in [6.07, 6.45) is 4.60. The van der Waals surface area contributed by atoms with Crippen molar-refractivity contribution in [2.75, 3.05) is 32.6 Å². The highest BCUT2D eigenvalue weighted by molar-refractivity contribution is 5.96. The Morgan fingerprint density at radius 1 is 1.12 bits per heavy atom. The zero-order chi connectivity index (χ0) is 32.2. The van der Waals surface area contributed by atoms with Crippen LogP contribution in [-0.2, 0) is 16.0 Å². The van der Waals surface area contributed by atoms with E-state index in [1.165, 1.54) is 7.11 Å². The van der Waals surface area contributed by atoms with E-state index in [0.29, 0.717) is 24.9 Å². The molecule has 220 valence electrons. The quantitative estimate of drug-likeness (QED) is 0.303. The lowest BCUT2D eigenvalue weighted by atomic mass is 9.56. The topological polar surface area (TPSA) is 64.0 Å². The zero-order valence-electron chi connectivity index (χ0n) is 28.4. The van der Waals surface area contributed by atoms with Crippen molar-refractivity contribution in [1.29, 1.82) is 0 Å². The first kappa shape index (κ1) is 25.4. The van der Waals surface area contributed by atoms with E-state index in [0.717, 1.165) is 52.7 Å². The van der Waals surface area contributed by atoms with Crippen LogP contribution in [0.3, 0.4) is 0 Å². The van der Waals surface area contributed by atoms with Gasteiger partial charge in [-0.05, 0) is 112 Å². The highest BCUT2D eigenvalue weighted by Crippen LogP contribution is 2.57. The maximum absolute atomic E-state index is 13.2. The van der Waals surface area contributed by atoms with Gasteiger partial charge in [-0.25, -0.2) is 9.59 Å². The first-order valence-electron chi connectivity index (χ1n) is 16.0. The fraction of sp³-hybridized carbons (Fsp3) is 0.529. The largest absolute Gasteiger partial charge is 0.465 e. The molecule has 2 fully saturated rings. The molecular formula is C34H45N3O4. The number of aromatic nitrogens is 1. The van der Waals surface area contributed by atoms with Crippen LogP contribution in [0.1, 0.15) is 90.5 Å². The Labute approximate surface area is 248 Å². The molecule has 1 saturated heterocycles. The number of piperidine rings is 1. The highest BCUT2D eigenvalue weighted by atomic mass is 16.6. The summed E-state index contributed by atoms with van der Waals surface area (Å²) < 4.78 is 36.1. The Balaban J connectivity index is 1.53. The van der Waals surface area contributed by atoms with Crippen molar-refractivity contribution >= 4 is 28.7 Å². The summed E-state index contributed by atoms with van der Waals surface area (Å²) >= 11 is 0. The summed E-state index contributed by atoms with van der Waals surface area (Å²) in [7, 11) is 5.45. The van der Waals surface area contributed by atoms with Crippen LogP contribution < -0.4 is 4.90 Å². The molecule has 2 aliphatic rings. The Morgan fingerprint density at radius 3 is 2.44 bits per heavy atom. The van der Waals surface area contributed by atoms with Gasteiger partial charge in [-0.15, -0.1) is 0 Å². The second-order valence-corrected chi connectivity index (χ2v) is 13.2. The Kier molecular flexibility index (Phi) is 6.70. The summed E-state index contributed by atoms with van der Waals surface area (Å²) in [5.74, 6) is -0.624. The van der Waals surface area contributed by atoms with Crippen molar-refractivity contribution in [3.8, 4) is 0 Å². The van der Waals surface area contributed by atoms with Gasteiger partial charge < -0.3 is 14.4 Å². The molecule has 1 spiro atoms. The lowest BCUT2D eigenvalue weighted by Gasteiger charge is -2.54. The molecule has 2 aromatic carbocycles. The first-order valence-corrected chi connectivity index (χ1v) is 14.5. The second-order valence-electron chi connectivity index (χ2n) is 13.2. The predicted octanol–water partition coefficient (Wildman–Crippen LogP) is 7.34. The van der Waals surface area contributed by atoms with E-state index in [2.05, 4.69) is 15.9 Å². The minimum absolute atomic E-state index is 0.00568. The summed E-state index contributed by atoms with van der Waals surface area (Å²) in [6.45, 7) is 7.15. The number of hydrogen-bond donors (Lipinski definition) is 0. The maximum atomic E-state index is 13.2. The maximum Gasteiger partial charge on any atom is 0.419 e. The van der Waals surface area contributed by atoms with E-state index in [-0.39, 0.29) is 23.3 Å². The number of hydrogen-bond acceptors (Lipinski definition) is 6. The zero-order valence-corrected chi connectivity index (χ0v) is 25.4. The van der Waals surface area contributed by atoms with E-state index in [9.17, 15) is 9.59 Å². The molecule has 0 amide bonds. The molecule has 1 saturated carbocycles. The SMILES string of the molecule is [2H]C([2H])([2H])C1CC2(CCN(Cc3c(N(C)C)cc(C)c4c3ccn4C(=O)OC(C)(C)C)[C@H](c3ccc(C(=O)OC)cc3)C2)C1. The number of carbonyl (C=O) groups is 2. The number of nitrogens with zero attached hydrogens (tertiary/aromatic N) is 3. The van der Waals surface area contributed by atoms with Crippen LogP contribution in [0.4, 0.5) is 10.5 Å². The molecule has 1 aromatic heterocycles. The number of rotatable bonds is 5. The molecule has 5 rings (SSSR count). The molecule has 1 aliphatic heterocycles. The lowest BCUT2D eigenvalue weighted by molar-refractivity contribution is -0.0395. The van der Waals surface area contributed by atoms with E-state index in [1.807, 2.05) is 72.1 Å². The van der Waals surface area contributed by atoms with Gasteiger partial charge in [0, 0.05) is 48.1 Å². The Morgan fingerprint density at radius 2 is 1.83 bits per heavy atom. The van der Waals surface area contributed by atoms with Crippen LogP contribution >= 0.6 is 0 Å². The van der Waals surface area contributed by atoms with Gasteiger partial charge in [-0.3, -0.25) is 9.47 Å². The minimum atomic E-state index is -1.92. The van der Waals surface area contributed by atoms with Crippen LogP contribution in [0.15, 0.2) is 42.6 Å². The molecule has 1 aliphatic carbocycles. The number of likely N-dealkylation sites (tertiary alicyclic amines) is 1. The average Bonchev–Trinajstić information content (AvgIpc) is 3.38. The lowest BCUT2D eigenvalue weighted by Crippen LogP contribution is -2.47. The fourth-order valence-electron chi connectivity index (χ4n) is 6.82. The molecule has 3 aromatic rings. The summed E-state index contributed by atoms with van der Waals surface area (Å²) in [5, 5.41) is 1.01. The standard InChI is InChI=1S/C34H45N3O4/c1-22-18-34(19-22)14-16-36(29(20-34)24-9-11-25(12-10-24)31(38)40-8)21-27-26-13-15-37(32(39)41-33(3,4)5)30(26)23(2)17-28(27)35(6)7/h9-13,15,17,22,29H,14,16,18-21H2,1-8H3/t22?,29-,34?/m0/s1/i1D3. The van der Waals surface area contributed by atoms with Crippen LogP contribution in [0.5, 0.6) is 0 Å². The van der Waals surface area contributed by atoms with Crippen molar-refractivity contribution in [1.82, 2.24) is 9.47 Å². The number of aryl methyl sites for hydroxylation is 1. The van der Waals surface area contributed by atoms with Gasteiger partial charge in [0.2, 0.25) is 0 Å². The molecule has 7 heteroatoms. The van der Waals surface area contributed by atoms with Gasteiger partial charge in [0.25, 0.3) is 0 Å². The first-order chi connectivity index (χ1) is 20.5. The molecule has 2 heterocycles. The van der Waals surface area contributed by atoms with Gasteiger partial charge >= 0.3 is 12.1 Å². The molecular weight excluding hydrogens is 514 g/mol. The smallest absolute Gasteiger partial charge is 0.419 e. The summed E-state index contributed by atoms with van der Waals surface area (Å²) in [5.41, 5.74) is 5.01. The van der Waals surface area contributed by atoms with Crippen molar-refractivity contribution in [3.63, 3.8) is 0 Å². The molecule has 1 atom stereocenters. The van der Waals surface area contributed by atoms with Crippen LogP contribution in [0.2, 0.25) is 0 Å². The van der Waals surface area contributed by atoms with E-state index in [1.54, 1.807) is 10.8 Å². The van der Waals surface area contributed by atoms with Gasteiger partial charge in [0.05, 0.1) is 18.2 Å². The van der Waals surface area contributed by atoms with E-state index < -0.39 is 18.5 Å². The summed E-state index contributed by atoms with van der Waals surface area (Å²) in [6, 6.07) is 11.8. The second kappa shape index (κ2) is 10.8. The third-order valence-electron chi connectivity index (χ3n) is 8.75. The van der Waals surface area contributed by atoms with Gasteiger partial charge in [-0.1, -0.05) is 19.0 Å². The number of anilines is 1. The van der Waals surface area contributed by atoms with Crippen LogP contribution in [0.25, 0.3) is 10.9 Å². The van der Waals surface area contributed by atoms with Crippen LogP contribution in [-0.4, -0.2) is 54.9 Å². The van der Waals surface area contributed by atoms with Crippen LogP contribution in [0, 0.1) is 18.3 Å². The normalized spacial score (nSPS) is 24.3. The van der Waals surface area contributed by atoms with Gasteiger partial charge in [0.15, 0.2) is 0 Å². The fourth-order valence-corrected chi connectivity index (χ4v) is 6.82. The minimum Gasteiger partial charge on any atom is -0.465 e. The number of carbonyl (C=O) groups excluding carboxylic acids is 2.